The van der Waals surface area contributed by atoms with Gasteiger partial charge in [0.2, 0.25) is 0 Å². The van der Waals surface area contributed by atoms with Crippen LogP contribution in [0.15, 0.2) is 152 Å². The molecule has 0 N–H and O–H groups in total. The molecule has 9 aromatic rings. The summed E-state index contributed by atoms with van der Waals surface area (Å²) in [5.74, 6) is 0.878. The Kier molecular flexibility index (Phi) is 9.28. The number of hydrogen-bond acceptors (Lipinski definition) is 2. The molecule has 9 aromatic carbocycles. The molecule has 0 aliphatic carbocycles. The molecular weight excluding hydrogens is 725 g/mol. The largest absolute Gasteiger partial charge is 0.310 e. The van der Waals surface area contributed by atoms with Gasteiger partial charge < -0.3 is 9.80 Å². The molecular formula is C58H54N2. The van der Waals surface area contributed by atoms with E-state index in [0.29, 0.717) is 11.8 Å². The van der Waals surface area contributed by atoms with Gasteiger partial charge in [0.15, 0.2) is 0 Å². The topological polar surface area (TPSA) is 6.48 Å². The summed E-state index contributed by atoms with van der Waals surface area (Å²) in [7, 11) is 0. The molecule has 0 saturated heterocycles. The van der Waals surface area contributed by atoms with Crippen LogP contribution in [0.1, 0.15) is 95.5 Å². The zero-order valence-electron chi connectivity index (χ0n) is 36.3. The average Bonchev–Trinajstić information content (AvgIpc) is 3.23. The lowest BCUT2D eigenvalue weighted by atomic mass is 9.78. The molecule has 10 rings (SSSR count). The van der Waals surface area contributed by atoms with Crippen molar-refractivity contribution in [3.63, 3.8) is 0 Å². The lowest BCUT2D eigenvalue weighted by Crippen LogP contribution is -2.15. The van der Waals surface area contributed by atoms with Crippen molar-refractivity contribution in [1.82, 2.24) is 0 Å². The van der Waals surface area contributed by atoms with Gasteiger partial charge in [0.05, 0.1) is 5.69 Å². The number of nitrogens with zero attached hydrogens (tertiary/aromatic N) is 2. The van der Waals surface area contributed by atoms with Crippen molar-refractivity contribution in [2.45, 2.75) is 79.6 Å². The molecule has 6 bridgehead atoms. The fourth-order valence-electron chi connectivity index (χ4n) is 10.4. The first kappa shape index (κ1) is 37.9. The van der Waals surface area contributed by atoms with Crippen LogP contribution in [0.5, 0.6) is 0 Å². The molecule has 0 radical (unpaired) electrons. The Bertz CT molecular complexity index is 3050. The maximum atomic E-state index is 2.57. The van der Waals surface area contributed by atoms with Gasteiger partial charge >= 0.3 is 0 Å². The van der Waals surface area contributed by atoms with Gasteiger partial charge in [0.25, 0.3) is 0 Å². The van der Waals surface area contributed by atoms with Crippen molar-refractivity contribution in [2.75, 3.05) is 9.80 Å². The Morgan fingerprint density at radius 1 is 0.417 bits per heavy atom. The summed E-state index contributed by atoms with van der Waals surface area (Å²) in [6, 6.07) is 58.2. The maximum Gasteiger partial charge on any atom is 0.0543 e. The summed E-state index contributed by atoms with van der Waals surface area (Å²) in [5.41, 5.74) is 19.0. The van der Waals surface area contributed by atoms with E-state index in [0.717, 1.165) is 29.2 Å². The second kappa shape index (κ2) is 14.7. The fraction of sp³-hybridized carbons (Fsp3) is 0.207. The summed E-state index contributed by atoms with van der Waals surface area (Å²) in [4.78, 5) is 4.99. The van der Waals surface area contributed by atoms with Gasteiger partial charge in [-0.3, -0.25) is 0 Å². The van der Waals surface area contributed by atoms with Gasteiger partial charge in [0, 0.05) is 39.7 Å². The highest BCUT2D eigenvalue weighted by Crippen LogP contribution is 2.51. The van der Waals surface area contributed by atoms with Crippen LogP contribution in [0.25, 0.3) is 32.3 Å². The van der Waals surface area contributed by atoms with Crippen molar-refractivity contribution >= 4 is 66.4 Å². The average molecular weight is 779 g/mol. The highest BCUT2D eigenvalue weighted by atomic mass is 15.2. The molecule has 1 aliphatic heterocycles. The number of fused-ring (bicyclic) bond motifs is 8. The summed E-state index contributed by atoms with van der Waals surface area (Å²) >= 11 is 0. The van der Waals surface area contributed by atoms with Gasteiger partial charge in [-0.25, -0.2) is 0 Å². The Morgan fingerprint density at radius 2 is 0.983 bits per heavy atom. The molecule has 1 aliphatic rings. The molecule has 0 amide bonds. The fourth-order valence-corrected chi connectivity index (χ4v) is 10.4. The molecule has 2 heteroatoms. The van der Waals surface area contributed by atoms with Crippen molar-refractivity contribution in [3.8, 4) is 0 Å². The molecule has 1 atom stereocenters. The van der Waals surface area contributed by atoms with E-state index in [1.54, 1.807) is 0 Å². The second-order valence-corrected chi connectivity index (χ2v) is 18.0. The number of hydrogen-bond donors (Lipinski definition) is 0. The zero-order valence-corrected chi connectivity index (χ0v) is 36.3. The van der Waals surface area contributed by atoms with Crippen molar-refractivity contribution in [3.05, 3.63) is 202 Å². The minimum Gasteiger partial charge on any atom is -0.310 e. The van der Waals surface area contributed by atoms with E-state index in [4.69, 9.17) is 0 Å². The number of benzene rings is 9. The Labute approximate surface area is 356 Å². The Hall–Kier alpha value is -6.38. The lowest BCUT2D eigenvalue weighted by molar-refractivity contribution is 0.804. The van der Waals surface area contributed by atoms with Gasteiger partial charge in [-0.05, 0) is 166 Å². The van der Waals surface area contributed by atoms with Crippen LogP contribution in [0.2, 0.25) is 0 Å². The van der Waals surface area contributed by atoms with Gasteiger partial charge in [0.1, 0.15) is 0 Å². The van der Waals surface area contributed by atoms with Crippen LogP contribution < -0.4 is 9.80 Å². The lowest BCUT2D eigenvalue weighted by Gasteiger charge is -2.32. The standard InChI is InChI=1S/C58H54N2/c1-35(2)51-33-52(36(3)4)48-25-26-50-56-34-54(49-24-23-47(51)57(48)58(49)50)53(46-22-20-37(5)28-39(46)7)31-41-14-12-17-43(30-41)59(42-15-10-9-11-16-42)44-18-13-19-45(32-44)60(56)55-27-21-38(6)29-40(55)8/h9-30,32-36,53H,31H2,1-8H3. The summed E-state index contributed by atoms with van der Waals surface area (Å²) in [6.45, 7) is 18.4. The van der Waals surface area contributed by atoms with E-state index in [1.807, 2.05) is 0 Å². The predicted octanol–water partition coefficient (Wildman–Crippen LogP) is 16.7. The Morgan fingerprint density at radius 3 is 1.65 bits per heavy atom. The van der Waals surface area contributed by atoms with Crippen LogP contribution in [0.3, 0.4) is 0 Å². The van der Waals surface area contributed by atoms with E-state index in [9.17, 15) is 0 Å². The number of aryl methyl sites for hydroxylation is 4. The summed E-state index contributed by atoms with van der Waals surface area (Å²) in [5, 5.41) is 8.15. The van der Waals surface area contributed by atoms with Crippen LogP contribution in [-0.4, -0.2) is 0 Å². The first-order valence-corrected chi connectivity index (χ1v) is 21.8. The van der Waals surface area contributed by atoms with E-state index < -0.39 is 0 Å². The minimum absolute atomic E-state index is 0.0910. The normalized spacial score (nSPS) is 14.3. The summed E-state index contributed by atoms with van der Waals surface area (Å²) < 4.78 is 0. The molecule has 0 spiro atoms. The van der Waals surface area contributed by atoms with Crippen LogP contribution in [-0.2, 0) is 6.42 Å². The second-order valence-electron chi connectivity index (χ2n) is 18.0. The van der Waals surface area contributed by atoms with Crippen molar-refractivity contribution < 1.29 is 0 Å². The minimum atomic E-state index is 0.0910. The molecule has 0 fully saturated rings. The smallest absolute Gasteiger partial charge is 0.0543 e. The third-order valence-corrected chi connectivity index (χ3v) is 13.2. The van der Waals surface area contributed by atoms with Crippen molar-refractivity contribution in [1.29, 1.82) is 0 Å². The van der Waals surface area contributed by atoms with E-state index in [1.165, 1.54) is 93.8 Å². The molecule has 296 valence electrons. The van der Waals surface area contributed by atoms with E-state index in [2.05, 4.69) is 217 Å². The number of rotatable bonds is 5. The molecule has 1 unspecified atom stereocenters. The maximum absolute atomic E-state index is 2.57. The molecule has 60 heavy (non-hydrogen) atoms. The number of anilines is 6. The van der Waals surface area contributed by atoms with Crippen LogP contribution in [0.4, 0.5) is 34.1 Å². The van der Waals surface area contributed by atoms with Crippen LogP contribution >= 0.6 is 0 Å². The molecule has 1 heterocycles. The predicted molar refractivity (Wildman–Crippen MR) is 259 cm³/mol. The molecule has 2 nitrogen and oxygen atoms in total. The van der Waals surface area contributed by atoms with E-state index in [-0.39, 0.29) is 5.92 Å². The zero-order chi connectivity index (χ0) is 41.4. The van der Waals surface area contributed by atoms with E-state index >= 15 is 0 Å². The first-order chi connectivity index (χ1) is 29.0. The van der Waals surface area contributed by atoms with Gasteiger partial charge in [-0.2, -0.15) is 0 Å². The van der Waals surface area contributed by atoms with Crippen molar-refractivity contribution in [2.24, 2.45) is 0 Å². The molecule has 0 aromatic heterocycles. The summed E-state index contributed by atoms with van der Waals surface area (Å²) in [6.07, 6.45) is 0.861. The highest BCUT2D eigenvalue weighted by molar-refractivity contribution is 6.28. The third-order valence-electron chi connectivity index (χ3n) is 13.2. The third kappa shape index (κ3) is 6.24. The van der Waals surface area contributed by atoms with Gasteiger partial charge in [-0.15, -0.1) is 0 Å². The number of para-hydroxylation sites is 1. The first-order valence-electron chi connectivity index (χ1n) is 21.8. The SMILES string of the molecule is Cc1ccc(C2Cc3cccc(c3)N(c3ccccc3)c3cccc(c3)N(c3ccc(C)cc3C)c3cc2c2ccc4c(C(C)C)cc(C(C)C)c5ccc3c2c45)c(C)c1. The quantitative estimate of drug-likeness (QED) is 0.161. The Balaban J connectivity index is 1.41. The highest BCUT2D eigenvalue weighted by Gasteiger charge is 2.29. The van der Waals surface area contributed by atoms with Crippen LogP contribution in [0, 0.1) is 27.7 Å². The molecule has 0 saturated carbocycles. The van der Waals surface area contributed by atoms with Gasteiger partial charge in [-0.1, -0.05) is 136 Å². The monoisotopic (exact) mass is 778 g/mol.